The molecule has 0 bridgehead atoms. The number of guanidine groups is 1. The Morgan fingerprint density at radius 3 is 2.88 bits per heavy atom. The van der Waals surface area contributed by atoms with E-state index in [1.165, 1.54) is 6.34 Å². The van der Waals surface area contributed by atoms with E-state index >= 15 is 0 Å². The van der Waals surface area contributed by atoms with E-state index in [1.54, 1.807) is 0 Å². The molecule has 1 aliphatic heterocycles. The van der Waals surface area contributed by atoms with Crippen molar-refractivity contribution >= 4 is 25.5 Å². The van der Waals surface area contributed by atoms with Crippen molar-refractivity contribution in [3.05, 3.63) is 0 Å². The molecule has 0 fully saturated rings. The number of hydrogen-bond donors (Lipinski definition) is 2. The number of nitrogens with zero attached hydrogens (tertiary/aromatic N) is 2. The first kappa shape index (κ1) is 5.02. The molecular weight excluding hydrogens is 103 g/mol. The number of nitrogens with one attached hydrogen (secondary N) is 1. The third-order valence-electron chi connectivity index (χ3n) is 0.677. The fourth-order valence-corrected chi connectivity index (χ4v) is 0.372. The maximum absolute atomic E-state index is 5.18. The third kappa shape index (κ3) is 0.929. The molecule has 0 spiro atoms. The van der Waals surface area contributed by atoms with Crippen LogP contribution < -0.4 is 11.1 Å². The molecule has 0 aromatic heterocycles. The van der Waals surface area contributed by atoms with Crippen LogP contribution in [-0.2, 0) is 0 Å². The second kappa shape index (κ2) is 1.77. The molecule has 40 valence electrons. The van der Waals surface area contributed by atoms with Crippen LogP contribution in [0.1, 0.15) is 0 Å². The summed E-state index contributed by atoms with van der Waals surface area (Å²) >= 11 is 0. The van der Waals surface area contributed by atoms with E-state index in [4.69, 9.17) is 5.73 Å². The van der Waals surface area contributed by atoms with Crippen LogP contribution in [0.25, 0.3) is 0 Å². The summed E-state index contributed by atoms with van der Waals surface area (Å²) in [7, 11) is 3.49. The number of hydrogen-bond acceptors (Lipinski definition) is 4. The van der Waals surface area contributed by atoms with Gasteiger partial charge in [-0.3, -0.25) is 0 Å². The average molecular weight is 108 g/mol. The van der Waals surface area contributed by atoms with E-state index < -0.39 is 0 Å². The number of nitrogens with two attached hydrogens (primary N) is 1. The second-order valence-corrected chi connectivity index (χ2v) is 1.32. The topological polar surface area (TPSA) is 62.8 Å². The molecule has 0 aliphatic carbocycles. The van der Waals surface area contributed by atoms with E-state index in [9.17, 15) is 0 Å². The van der Waals surface area contributed by atoms with Crippen molar-refractivity contribution in [2.75, 3.05) is 0 Å². The molecule has 4 nitrogen and oxygen atoms in total. The Morgan fingerprint density at radius 2 is 2.50 bits per heavy atom. The van der Waals surface area contributed by atoms with Gasteiger partial charge in [-0.2, -0.15) is 0 Å². The molecule has 0 saturated carbocycles. The predicted molar refractivity (Wildman–Crippen MR) is 35.4 cm³/mol. The van der Waals surface area contributed by atoms with Crippen LogP contribution in [0.2, 0.25) is 0 Å². The van der Waals surface area contributed by atoms with Gasteiger partial charge in [-0.15, -0.1) is 0 Å². The van der Waals surface area contributed by atoms with Crippen molar-refractivity contribution in [1.29, 1.82) is 0 Å². The molecule has 0 saturated heterocycles. The van der Waals surface area contributed by atoms with E-state index in [0.717, 1.165) is 0 Å². The fraction of sp³-hybridized carbons (Fsp3) is 0. The first-order valence-electron chi connectivity index (χ1n) is 2.11. The van der Waals surface area contributed by atoms with Crippen LogP contribution in [-0.4, -0.2) is 25.5 Å². The number of rotatable bonds is 0. The summed E-state index contributed by atoms with van der Waals surface area (Å²) < 4.78 is 0. The first-order chi connectivity index (χ1) is 3.79. The molecule has 0 aromatic carbocycles. The Kier molecular flexibility index (Phi) is 1.11. The molecule has 0 radical (unpaired) electrons. The van der Waals surface area contributed by atoms with Gasteiger partial charge < -0.3 is 0 Å². The van der Waals surface area contributed by atoms with E-state index in [2.05, 4.69) is 22.8 Å². The molecular formula is C3H5BN4. The molecule has 3 N–H and O–H groups in total. The normalized spacial score (nSPS) is 17.4. The monoisotopic (exact) mass is 108 g/mol. The molecule has 0 unspecified atom stereocenters. The summed E-state index contributed by atoms with van der Waals surface area (Å²) in [5.41, 5.74) is 5.70. The summed E-state index contributed by atoms with van der Waals surface area (Å²) in [5.74, 6) is 0.244. The summed E-state index contributed by atoms with van der Waals surface area (Å²) in [4.78, 5) is 7.28. The minimum atomic E-state index is 0.244. The van der Waals surface area contributed by atoms with Gasteiger partial charge in [-0.05, 0) is 0 Å². The van der Waals surface area contributed by atoms with Gasteiger partial charge in [0.05, 0.1) is 0 Å². The average Bonchev–Trinajstić information content (AvgIpc) is 1.64. The van der Waals surface area contributed by atoms with Gasteiger partial charge >= 0.3 is 46.5 Å². The van der Waals surface area contributed by atoms with Crippen molar-refractivity contribution in [3.63, 3.8) is 0 Å². The molecule has 1 rings (SSSR count). The van der Waals surface area contributed by atoms with Crippen LogP contribution in [0.15, 0.2) is 9.98 Å². The van der Waals surface area contributed by atoms with Crippen molar-refractivity contribution < 1.29 is 0 Å². The number of aliphatic imine (C=N–C) groups is 2. The van der Waals surface area contributed by atoms with E-state index in [0.29, 0.717) is 5.71 Å². The molecule has 0 atom stereocenters. The van der Waals surface area contributed by atoms with Crippen molar-refractivity contribution in [2.45, 2.75) is 0 Å². The van der Waals surface area contributed by atoms with Gasteiger partial charge in [-0.1, -0.05) is 0 Å². The molecule has 8 heavy (non-hydrogen) atoms. The summed E-state index contributed by atoms with van der Waals surface area (Å²) in [5, 5.41) is 2.66. The Hall–Kier alpha value is -1.13. The molecule has 0 aromatic rings. The van der Waals surface area contributed by atoms with Crippen molar-refractivity contribution in [2.24, 2.45) is 15.7 Å². The second-order valence-electron chi connectivity index (χ2n) is 1.32. The zero-order chi connectivity index (χ0) is 5.98. The van der Waals surface area contributed by atoms with Crippen LogP contribution in [0.3, 0.4) is 0 Å². The predicted octanol–water partition coefficient (Wildman–Crippen LogP) is -2.08. The minimum absolute atomic E-state index is 0.244. The van der Waals surface area contributed by atoms with Gasteiger partial charge in [0, 0.05) is 0 Å². The summed E-state index contributed by atoms with van der Waals surface area (Å²) in [6.45, 7) is 0. The standard InChI is InChI=1S/C3H5BN4/c4-2-6-1-7-3(5)8-2/h1,4H,(H3,5,6,7,8). The van der Waals surface area contributed by atoms with Gasteiger partial charge in [-0.25, -0.2) is 0 Å². The van der Waals surface area contributed by atoms with Crippen molar-refractivity contribution in [1.82, 2.24) is 5.32 Å². The van der Waals surface area contributed by atoms with Gasteiger partial charge in [0.2, 0.25) is 0 Å². The van der Waals surface area contributed by atoms with Crippen LogP contribution in [0, 0.1) is 0 Å². The Bertz CT molecular complexity index is 170. The maximum atomic E-state index is 5.18. The fourth-order valence-electron chi connectivity index (χ4n) is 0.372. The Labute approximate surface area is 47.6 Å². The van der Waals surface area contributed by atoms with Crippen molar-refractivity contribution in [3.8, 4) is 0 Å². The molecule has 0 amide bonds. The SMILES string of the molecule is B=C1N=C(N)N=CN1. The first-order valence-corrected chi connectivity index (χ1v) is 2.11. The van der Waals surface area contributed by atoms with Crippen LogP contribution in [0.4, 0.5) is 0 Å². The van der Waals surface area contributed by atoms with Crippen LogP contribution in [0.5, 0.6) is 0 Å². The molecule has 1 heterocycles. The summed E-state index contributed by atoms with van der Waals surface area (Å²) in [6, 6.07) is 0. The van der Waals surface area contributed by atoms with Crippen LogP contribution >= 0.6 is 0 Å². The zero-order valence-corrected chi connectivity index (χ0v) is 4.26. The van der Waals surface area contributed by atoms with Gasteiger partial charge in [0.25, 0.3) is 0 Å². The Balaban J connectivity index is 2.77. The molecule has 5 heteroatoms. The zero-order valence-electron chi connectivity index (χ0n) is 4.26. The summed E-state index contributed by atoms with van der Waals surface area (Å²) in [6.07, 6.45) is 1.45. The Morgan fingerprint density at radius 1 is 1.75 bits per heavy atom. The van der Waals surface area contributed by atoms with E-state index in [-0.39, 0.29) is 5.96 Å². The molecule has 1 aliphatic rings. The quantitative estimate of drug-likeness (QED) is 0.350. The van der Waals surface area contributed by atoms with Gasteiger partial charge in [0.1, 0.15) is 0 Å². The van der Waals surface area contributed by atoms with Gasteiger partial charge in [0.15, 0.2) is 0 Å². The third-order valence-corrected chi connectivity index (χ3v) is 0.677. The van der Waals surface area contributed by atoms with E-state index in [1.807, 2.05) is 0 Å².